The van der Waals surface area contributed by atoms with Crippen molar-refractivity contribution in [2.45, 2.75) is 29.9 Å². The molecule has 0 atom stereocenters. The molecule has 11 heteroatoms. The maximum absolute atomic E-state index is 11.6. The normalized spacial score (nSPS) is 15.0. The number of rotatable bonds is 8. The second-order valence-corrected chi connectivity index (χ2v) is 11.3. The number of nitrogens with two attached hydrogens (primary N) is 1. The van der Waals surface area contributed by atoms with Gasteiger partial charge in [-0.25, -0.2) is 23.5 Å². The van der Waals surface area contributed by atoms with Gasteiger partial charge in [0.05, 0.1) is 17.2 Å². The van der Waals surface area contributed by atoms with Gasteiger partial charge in [-0.05, 0) is 30.2 Å². The van der Waals surface area contributed by atoms with Crippen LogP contribution in [0.2, 0.25) is 0 Å². The predicted octanol–water partition coefficient (Wildman–Crippen LogP) is 4.33. The molecule has 1 fully saturated rings. The molecular weight excluding hydrogens is 538 g/mol. The topological polar surface area (TPSA) is 127 Å². The third kappa shape index (κ3) is 6.28. The van der Waals surface area contributed by atoms with Gasteiger partial charge in [-0.3, -0.25) is 0 Å². The fourth-order valence-electron chi connectivity index (χ4n) is 4.26. The number of ether oxygens (including phenoxy) is 3. The molecule has 5 rings (SSSR count). The number of nitrogens with zero attached hydrogens (tertiary/aromatic N) is 2. The maximum Gasteiger partial charge on any atom is 0.274 e. The molecule has 2 aromatic carbocycles. The zero-order chi connectivity index (χ0) is 27.3. The van der Waals surface area contributed by atoms with E-state index in [0.717, 1.165) is 29.1 Å². The summed E-state index contributed by atoms with van der Waals surface area (Å²) < 4.78 is 46.3. The molecule has 1 saturated heterocycles. The highest BCUT2D eigenvalue weighted by molar-refractivity contribution is 7.89. The monoisotopic (exact) mass is 565 g/mol. The van der Waals surface area contributed by atoms with Crippen LogP contribution in [0.4, 0.5) is 0 Å². The van der Waals surface area contributed by atoms with E-state index >= 15 is 0 Å². The van der Waals surface area contributed by atoms with Gasteiger partial charge in [-0.15, -0.1) is 11.3 Å². The first-order valence-corrected chi connectivity index (χ1v) is 14.6. The Hall–Kier alpha value is -3.37. The molecule has 2 N–H and O–H groups in total. The Morgan fingerprint density at radius 1 is 1.05 bits per heavy atom. The van der Waals surface area contributed by atoms with Gasteiger partial charge in [0, 0.05) is 49.7 Å². The predicted molar refractivity (Wildman–Crippen MR) is 146 cm³/mol. The van der Waals surface area contributed by atoms with Crippen molar-refractivity contribution in [1.82, 2.24) is 9.97 Å². The van der Waals surface area contributed by atoms with Crippen LogP contribution in [0, 0.1) is 11.8 Å². The number of sulfonamides is 1. The lowest BCUT2D eigenvalue weighted by Crippen LogP contribution is -2.35. The third-order valence-corrected chi connectivity index (χ3v) is 8.38. The van der Waals surface area contributed by atoms with Crippen LogP contribution < -0.4 is 5.14 Å². The smallest absolute Gasteiger partial charge is 0.274 e. The van der Waals surface area contributed by atoms with Gasteiger partial charge in [0.1, 0.15) is 22.9 Å². The molecule has 0 saturated carbocycles. The summed E-state index contributed by atoms with van der Waals surface area (Å²) in [7, 11) is -2.09. The Labute approximate surface area is 231 Å². The Bertz CT molecular complexity index is 1580. The van der Waals surface area contributed by atoms with Crippen LogP contribution in [0.1, 0.15) is 29.4 Å². The zero-order valence-electron chi connectivity index (χ0n) is 21.3. The number of benzene rings is 2. The van der Waals surface area contributed by atoms with Crippen molar-refractivity contribution in [3.8, 4) is 34.4 Å². The average Bonchev–Trinajstić information content (AvgIpc) is 3.61. The van der Waals surface area contributed by atoms with Crippen LogP contribution in [0.5, 0.6) is 0 Å². The quantitative estimate of drug-likeness (QED) is 0.247. The minimum absolute atomic E-state index is 0.0153. The molecule has 0 amide bonds. The lowest BCUT2D eigenvalue weighted by atomic mass is 9.95. The number of primary sulfonamides is 1. The highest BCUT2D eigenvalue weighted by atomic mass is 32.2. The number of aromatic nitrogens is 2. The first-order chi connectivity index (χ1) is 18.9. The largest absolute Gasteiger partial charge is 0.429 e. The van der Waals surface area contributed by atoms with E-state index < -0.39 is 10.0 Å². The summed E-state index contributed by atoms with van der Waals surface area (Å²) in [6.07, 6.45) is 1.56. The van der Waals surface area contributed by atoms with Gasteiger partial charge < -0.3 is 18.6 Å². The number of oxazole rings is 1. The van der Waals surface area contributed by atoms with Crippen LogP contribution in [-0.4, -0.2) is 45.3 Å². The van der Waals surface area contributed by atoms with Crippen LogP contribution in [0.25, 0.3) is 22.6 Å². The molecule has 4 aromatic rings. The molecule has 0 spiro atoms. The van der Waals surface area contributed by atoms with E-state index in [1.165, 1.54) is 12.1 Å². The Balaban J connectivity index is 1.28. The molecule has 0 unspecified atom stereocenters. The lowest BCUT2D eigenvalue weighted by molar-refractivity contribution is -0.0949. The molecule has 0 aliphatic carbocycles. The molecule has 1 aliphatic heterocycles. The number of methoxy groups -OCH3 is 1. The molecule has 2 aromatic heterocycles. The first-order valence-electron chi connectivity index (χ1n) is 12.2. The van der Waals surface area contributed by atoms with Gasteiger partial charge in [0.15, 0.2) is 5.76 Å². The SMILES string of the molecule is COC1(c2nc(COCC#Cc3nc(-c4ccccc4)c(-c4ccc(S(N)(=O)=O)cc4)o3)cs2)CCOCC1. The fourth-order valence-corrected chi connectivity index (χ4v) is 5.82. The van der Waals surface area contributed by atoms with Crippen molar-refractivity contribution in [2.24, 2.45) is 5.14 Å². The second-order valence-electron chi connectivity index (χ2n) is 8.88. The number of thiazole rings is 1. The molecule has 9 nitrogen and oxygen atoms in total. The Morgan fingerprint density at radius 2 is 1.79 bits per heavy atom. The zero-order valence-corrected chi connectivity index (χ0v) is 22.9. The van der Waals surface area contributed by atoms with E-state index in [1.54, 1.807) is 30.6 Å². The van der Waals surface area contributed by atoms with E-state index in [4.69, 9.17) is 28.8 Å². The van der Waals surface area contributed by atoms with Crippen molar-refractivity contribution >= 4 is 21.4 Å². The van der Waals surface area contributed by atoms with Crippen molar-refractivity contribution in [3.63, 3.8) is 0 Å². The van der Waals surface area contributed by atoms with Gasteiger partial charge >= 0.3 is 0 Å². The summed E-state index contributed by atoms with van der Waals surface area (Å²) in [4.78, 5) is 9.32. The lowest BCUT2D eigenvalue weighted by Gasteiger charge is -2.33. The van der Waals surface area contributed by atoms with Crippen LogP contribution in [0.3, 0.4) is 0 Å². The summed E-state index contributed by atoms with van der Waals surface area (Å²) in [5.74, 6) is 6.56. The molecular formula is C28H27N3O6S2. The van der Waals surface area contributed by atoms with E-state index in [1.807, 2.05) is 35.7 Å². The molecule has 0 bridgehead atoms. The van der Waals surface area contributed by atoms with Crippen LogP contribution >= 0.6 is 11.3 Å². The molecule has 0 radical (unpaired) electrons. The van der Waals surface area contributed by atoms with Gasteiger partial charge in [0.2, 0.25) is 10.0 Å². The minimum atomic E-state index is -3.80. The van der Waals surface area contributed by atoms with Gasteiger partial charge in [-0.1, -0.05) is 36.3 Å². The Kier molecular flexibility index (Phi) is 8.23. The highest BCUT2D eigenvalue weighted by Crippen LogP contribution is 2.37. The van der Waals surface area contributed by atoms with E-state index in [9.17, 15) is 8.42 Å². The highest BCUT2D eigenvalue weighted by Gasteiger charge is 2.37. The average molecular weight is 566 g/mol. The van der Waals surface area contributed by atoms with Crippen LogP contribution in [-0.2, 0) is 36.4 Å². The fraction of sp³-hybridized carbons (Fsp3) is 0.286. The maximum atomic E-state index is 11.6. The summed E-state index contributed by atoms with van der Waals surface area (Å²) in [5.41, 5.74) is 2.52. The van der Waals surface area contributed by atoms with Crippen molar-refractivity contribution in [2.75, 3.05) is 26.9 Å². The summed E-state index contributed by atoms with van der Waals surface area (Å²) in [6.45, 7) is 1.80. The van der Waals surface area contributed by atoms with Gasteiger partial charge in [-0.2, -0.15) is 0 Å². The second kappa shape index (κ2) is 11.8. The summed E-state index contributed by atoms with van der Waals surface area (Å²) in [6, 6.07) is 15.7. The van der Waals surface area contributed by atoms with E-state index in [2.05, 4.69) is 16.8 Å². The molecule has 3 heterocycles. The standard InChI is InChI=1S/C28H27N3O6S2/c1-34-28(13-16-35-17-14-28)27-30-22(19-38-27)18-36-15-5-8-24-31-25(20-6-3-2-4-7-20)26(37-24)21-9-11-23(12-10-21)39(29,32)33/h2-4,6-7,9-12,19H,13-18H2,1H3,(H2,29,32,33). The Morgan fingerprint density at radius 3 is 2.49 bits per heavy atom. The van der Waals surface area contributed by atoms with E-state index in [0.29, 0.717) is 36.8 Å². The minimum Gasteiger partial charge on any atom is -0.429 e. The first kappa shape index (κ1) is 27.2. The molecule has 39 heavy (non-hydrogen) atoms. The molecule has 1 aliphatic rings. The van der Waals surface area contributed by atoms with Crippen molar-refractivity contribution < 1.29 is 27.0 Å². The van der Waals surface area contributed by atoms with Crippen molar-refractivity contribution in [1.29, 1.82) is 0 Å². The number of hydrogen-bond acceptors (Lipinski definition) is 9. The van der Waals surface area contributed by atoms with Crippen molar-refractivity contribution in [3.05, 3.63) is 76.6 Å². The van der Waals surface area contributed by atoms with E-state index in [-0.39, 0.29) is 23.0 Å². The third-order valence-electron chi connectivity index (χ3n) is 6.37. The van der Waals surface area contributed by atoms with Gasteiger partial charge in [0.25, 0.3) is 5.89 Å². The van der Waals surface area contributed by atoms with Crippen LogP contribution in [0.15, 0.2) is 69.3 Å². The number of hydrogen-bond donors (Lipinski definition) is 1. The summed E-state index contributed by atoms with van der Waals surface area (Å²) in [5, 5.41) is 8.15. The summed E-state index contributed by atoms with van der Waals surface area (Å²) >= 11 is 1.57. The molecule has 202 valence electrons.